The zero-order chi connectivity index (χ0) is 14.4. The minimum Gasteiger partial charge on any atom is -0.375 e. The Morgan fingerprint density at radius 1 is 1.05 bits per heavy atom. The van der Waals surface area contributed by atoms with E-state index in [-0.39, 0.29) is 5.91 Å². The lowest BCUT2D eigenvalue weighted by atomic mass is 9.89. The molecule has 110 valence electrons. The van der Waals surface area contributed by atoms with Crippen LogP contribution in [0.4, 0.5) is 5.69 Å². The van der Waals surface area contributed by atoms with Gasteiger partial charge in [0, 0.05) is 11.3 Å². The Bertz CT molecular complexity index is 458. The second-order valence-corrected chi connectivity index (χ2v) is 5.73. The van der Waals surface area contributed by atoms with E-state index in [0.29, 0.717) is 6.42 Å². The van der Waals surface area contributed by atoms with Crippen molar-refractivity contribution < 1.29 is 9.90 Å². The lowest BCUT2D eigenvalue weighted by Gasteiger charge is -2.20. The van der Waals surface area contributed by atoms with E-state index in [1.54, 1.807) is 0 Å². The quantitative estimate of drug-likeness (QED) is 0.705. The predicted molar refractivity (Wildman–Crippen MR) is 81.6 cm³/mol. The highest BCUT2D eigenvalue weighted by atomic mass is 16.3. The molecule has 1 aromatic carbocycles. The Balaban J connectivity index is 1.81. The van der Waals surface area contributed by atoms with Crippen molar-refractivity contribution >= 4 is 11.6 Å². The summed E-state index contributed by atoms with van der Waals surface area (Å²) in [5, 5.41) is 13.4. The molecule has 1 unspecified atom stereocenters. The van der Waals surface area contributed by atoms with Crippen LogP contribution in [0, 0.1) is 0 Å². The molecule has 0 radical (unpaired) electrons. The lowest BCUT2D eigenvalue weighted by molar-refractivity contribution is -0.134. The van der Waals surface area contributed by atoms with E-state index in [0.717, 1.165) is 24.1 Å². The number of fused-ring (bicyclic) bond motifs is 1. The van der Waals surface area contributed by atoms with Crippen LogP contribution in [-0.2, 0) is 10.4 Å². The van der Waals surface area contributed by atoms with Gasteiger partial charge in [0.1, 0.15) is 0 Å². The average Bonchev–Trinajstić information content (AvgIpc) is 2.70. The largest absolute Gasteiger partial charge is 0.375 e. The van der Waals surface area contributed by atoms with E-state index >= 15 is 0 Å². The van der Waals surface area contributed by atoms with Gasteiger partial charge in [0.05, 0.1) is 0 Å². The maximum Gasteiger partial charge on any atom is 0.261 e. The first-order valence-electron chi connectivity index (χ1n) is 7.82. The number of hydrogen-bond acceptors (Lipinski definition) is 2. The van der Waals surface area contributed by atoms with Crippen LogP contribution in [0.1, 0.15) is 63.9 Å². The summed E-state index contributed by atoms with van der Waals surface area (Å²) in [4.78, 5) is 12.0. The van der Waals surface area contributed by atoms with Crippen LogP contribution < -0.4 is 5.32 Å². The Morgan fingerprint density at radius 3 is 2.45 bits per heavy atom. The van der Waals surface area contributed by atoms with Gasteiger partial charge in [-0.05, 0) is 18.9 Å². The van der Waals surface area contributed by atoms with Gasteiger partial charge in [0.2, 0.25) is 0 Å². The molecular formula is C17H25NO2. The molecule has 3 heteroatoms. The number of nitrogens with one attached hydrogen (secondary N) is 1. The number of para-hydroxylation sites is 1. The second kappa shape index (κ2) is 6.89. The minimum atomic E-state index is -1.32. The van der Waals surface area contributed by atoms with Gasteiger partial charge in [-0.3, -0.25) is 4.79 Å². The summed E-state index contributed by atoms with van der Waals surface area (Å²) in [7, 11) is 0. The van der Waals surface area contributed by atoms with Crippen LogP contribution >= 0.6 is 0 Å². The average molecular weight is 275 g/mol. The number of rotatable bonds is 8. The fourth-order valence-corrected chi connectivity index (χ4v) is 2.89. The van der Waals surface area contributed by atoms with Crippen LogP contribution in [0.5, 0.6) is 0 Å². The molecule has 2 rings (SSSR count). The molecule has 0 aliphatic carbocycles. The van der Waals surface area contributed by atoms with Crippen LogP contribution in [0.2, 0.25) is 0 Å². The molecule has 1 aliphatic heterocycles. The number of carbonyl (C=O) groups is 1. The number of benzene rings is 1. The number of carbonyl (C=O) groups excluding carboxylic acids is 1. The van der Waals surface area contributed by atoms with Gasteiger partial charge in [-0.1, -0.05) is 63.6 Å². The number of anilines is 1. The summed E-state index contributed by atoms with van der Waals surface area (Å²) < 4.78 is 0. The molecule has 0 saturated heterocycles. The van der Waals surface area contributed by atoms with Gasteiger partial charge in [-0.2, -0.15) is 0 Å². The maximum absolute atomic E-state index is 12.0. The highest BCUT2D eigenvalue weighted by molar-refractivity contribution is 6.04. The first-order chi connectivity index (χ1) is 9.68. The summed E-state index contributed by atoms with van der Waals surface area (Å²) in [5.41, 5.74) is 0.166. The van der Waals surface area contributed by atoms with Crippen molar-refractivity contribution in [1.82, 2.24) is 0 Å². The van der Waals surface area contributed by atoms with E-state index in [2.05, 4.69) is 12.2 Å². The molecule has 0 aromatic heterocycles. The number of unbranched alkanes of at least 4 members (excludes halogenated alkanes) is 6. The highest BCUT2D eigenvalue weighted by Gasteiger charge is 2.44. The molecule has 0 fully saturated rings. The molecule has 1 heterocycles. The zero-order valence-corrected chi connectivity index (χ0v) is 12.3. The van der Waals surface area contributed by atoms with Gasteiger partial charge in [-0.25, -0.2) is 0 Å². The number of aliphatic hydroxyl groups is 1. The Hall–Kier alpha value is -1.35. The van der Waals surface area contributed by atoms with Crippen molar-refractivity contribution in [3.05, 3.63) is 29.8 Å². The smallest absolute Gasteiger partial charge is 0.261 e. The fourth-order valence-electron chi connectivity index (χ4n) is 2.89. The molecule has 1 amide bonds. The molecule has 1 aliphatic rings. The van der Waals surface area contributed by atoms with Crippen LogP contribution in [0.15, 0.2) is 24.3 Å². The summed E-state index contributed by atoms with van der Waals surface area (Å²) in [6, 6.07) is 7.43. The third-order valence-electron chi connectivity index (χ3n) is 4.14. The molecule has 1 atom stereocenters. The summed E-state index contributed by atoms with van der Waals surface area (Å²) in [6.07, 6.45) is 8.81. The van der Waals surface area contributed by atoms with Crippen molar-refractivity contribution in [1.29, 1.82) is 0 Å². The van der Waals surface area contributed by atoms with Crippen LogP contribution in [0.25, 0.3) is 0 Å². The third kappa shape index (κ3) is 3.21. The molecule has 1 aromatic rings. The van der Waals surface area contributed by atoms with E-state index in [1.807, 2.05) is 24.3 Å². The van der Waals surface area contributed by atoms with Crippen molar-refractivity contribution in [3.8, 4) is 0 Å². The number of amides is 1. The first-order valence-corrected chi connectivity index (χ1v) is 7.82. The van der Waals surface area contributed by atoms with Gasteiger partial charge >= 0.3 is 0 Å². The van der Waals surface area contributed by atoms with Crippen molar-refractivity contribution in [3.63, 3.8) is 0 Å². The van der Waals surface area contributed by atoms with Crippen LogP contribution in [-0.4, -0.2) is 11.0 Å². The molecule has 0 saturated carbocycles. The second-order valence-electron chi connectivity index (χ2n) is 5.73. The van der Waals surface area contributed by atoms with Crippen molar-refractivity contribution in [2.45, 2.75) is 63.9 Å². The molecular weight excluding hydrogens is 250 g/mol. The Labute approximate surface area is 121 Å². The monoisotopic (exact) mass is 275 g/mol. The SMILES string of the molecule is CCCCCCCCCC1(O)C(=O)Nc2ccccc21. The van der Waals surface area contributed by atoms with Crippen molar-refractivity contribution in [2.75, 3.05) is 5.32 Å². The molecule has 2 N–H and O–H groups in total. The first kappa shape index (κ1) is 15.0. The predicted octanol–water partition coefficient (Wildman–Crippen LogP) is 3.97. The minimum absolute atomic E-state index is 0.273. The van der Waals surface area contributed by atoms with Gasteiger partial charge in [0.25, 0.3) is 5.91 Å². The lowest BCUT2D eigenvalue weighted by Crippen LogP contribution is -2.34. The fraction of sp³-hybridized carbons (Fsp3) is 0.588. The van der Waals surface area contributed by atoms with E-state index < -0.39 is 5.60 Å². The summed E-state index contributed by atoms with van der Waals surface area (Å²) in [5.74, 6) is -0.273. The number of hydrogen-bond donors (Lipinski definition) is 2. The van der Waals surface area contributed by atoms with Gasteiger partial charge in [-0.15, -0.1) is 0 Å². The standard InChI is InChI=1S/C17H25NO2/c1-2-3-4-5-6-7-10-13-17(20)14-11-8-9-12-15(14)18-16(17)19/h8-9,11-12,20H,2-7,10,13H2,1H3,(H,18,19). The van der Waals surface area contributed by atoms with E-state index in [4.69, 9.17) is 0 Å². The third-order valence-corrected chi connectivity index (χ3v) is 4.14. The van der Waals surface area contributed by atoms with E-state index in [1.165, 1.54) is 32.1 Å². The Morgan fingerprint density at radius 2 is 1.70 bits per heavy atom. The molecule has 3 nitrogen and oxygen atoms in total. The Kier molecular flexibility index (Phi) is 5.18. The molecule has 0 spiro atoms. The topological polar surface area (TPSA) is 49.3 Å². The normalized spacial score (nSPS) is 20.8. The maximum atomic E-state index is 12.0. The van der Waals surface area contributed by atoms with Crippen LogP contribution in [0.3, 0.4) is 0 Å². The summed E-state index contributed by atoms with van der Waals surface area (Å²) in [6.45, 7) is 2.21. The molecule has 0 bridgehead atoms. The summed E-state index contributed by atoms with van der Waals surface area (Å²) >= 11 is 0. The molecule has 20 heavy (non-hydrogen) atoms. The zero-order valence-electron chi connectivity index (χ0n) is 12.3. The van der Waals surface area contributed by atoms with Gasteiger partial charge in [0.15, 0.2) is 5.60 Å². The van der Waals surface area contributed by atoms with Gasteiger partial charge < -0.3 is 10.4 Å². The van der Waals surface area contributed by atoms with E-state index in [9.17, 15) is 9.90 Å². The highest BCUT2D eigenvalue weighted by Crippen LogP contribution is 2.39. The van der Waals surface area contributed by atoms with Crippen molar-refractivity contribution in [2.24, 2.45) is 0 Å².